The third kappa shape index (κ3) is 6.15. The minimum absolute atomic E-state index is 0.0154. The van der Waals surface area contributed by atoms with Gasteiger partial charge in [-0.15, -0.1) is 11.3 Å². The highest BCUT2D eigenvalue weighted by Gasteiger charge is 2.04. The molecule has 0 aliphatic rings. The Bertz CT molecular complexity index is 594. The lowest BCUT2D eigenvalue weighted by molar-refractivity contribution is 0.0957. The maximum Gasteiger partial charge on any atom is 0.261 e. The van der Waals surface area contributed by atoms with E-state index >= 15 is 0 Å². The molecule has 124 valence electrons. The smallest absolute Gasteiger partial charge is 0.261 e. The number of hydrogen-bond donors (Lipinski definition) is 3. The molecule has 2 aromatic rings. The van der Waals surface area contributed by atoms with E-state index < -0.39 is 0 Å². The SMILES string of the molecule is CCNC(=NCc1ccco1)NCCCNC(=O)c1cccs1. The zero-order chi connectivity index (χ0) is 16.3. The van der Waals surface area contributed by atoms with Gasteiger partial charge in [-0.2, -0.15) is 0 Å². The Morgan fingerprint density at radius 1 is 1.22 bits per heavy atom. The van der Waals surface area contributed by atoms with Crippen LogP contribution in [0.3, 0.4) is 0 Å². The Labute approximate surface area is 140 Å². The monoisotopic (exact) mass is 334 g/mol. The topological polar surface area (TPSA) is 78.7 Å². The average Bonchev–Trinajstić information content (AvgIpc) is 3.25. The molecule has 0 aliphatic heterocycles. The highest BCUT2D eigenvalue weighted by Crippen LogP contribution is 2.07. The first-order valence-electron chi connectivity index (χ1n) is 7.66. The fourth-order valence-corrected chi connectivity index (χ4v) is 2.53. The van der Waals surface area contributed by atoms with E-state index in [0.717, 1.165) is 36.1 Å². The molecule has 0 aliphatic carbocycles. The van der Waals surface area contributed by atoms with Crippen LogP contribution in [-0.2, 0) is 6.54 Å². The van der Waals surface area contributed by atoms with Crippen molar-refractivity contribution < 1.29 is 9.21 Å². The molecule has 2 heterocycles. The van der Waals surface area contributed by atoms with E-state index in [0.29, 0.717) is 13.1 Å². The van der Waals surface area contributed by atoms with E-state index in [2.05, 4.69) is 20.9 Å². The number of guanidine groups is 1. The Balaban J connectivity index is 1.65. The molecule has 0 aromatic carbocycles. The normalized spacial score (nSPS) is 11.3. The van der Waals surface area contributed by atoms with Crippen LogP contribution in [-0.4, -0.2) is 31.5 Å². The van der Waals surface area contributed by atoms with E-state index in [9.17, 15) is 4.79 Å². The molecule has 1 amide bonds. The summed E-state index contributed by atoms with van der Waals surface area (Å²) in [5.41, 5.74) is 0. The zero-order valence-corrected chi connectivity index (χ0v) is 14.0. The number of amides is 1. The Kier molecular flexibility index (Phi) is 7.19. The summed E-state index contributed by atoms with van der Waals surface area (Å²) < 4.78 is 5.26. The maximum atomic E-state index is 11.8. The van der Waals surface area contributed by atoms with Crippen LogP contribution in [0, 0.1) is 0 Å². The maximum absolute atomic E-state index is 11.8. The highest BCUT2D eigenvalue weighted by atomic mass is 32.1. The summed E-state index contributed by atoms with van der Waals surface area (Å²) >= 11 is 1.45. The molecule has 2 aromatic heterocycles. The van der Waals surface area contributed by atoms with Crippen molar-refractivity contribution in [3.63, 3.8) is 0 Å². The molecule has 0 radical (unpaired) electrons. The standard InChI is InChI=1S/C16H22N4O2S/c1-2-17-16(20-12-13-6-3-10-22-13)19-9-5-8-18-15(21)14-7-4-11-23-14/h3-4,6-7,10-11H,2,5,8-9,12H2,1H3,(H,18,21)(H2,17,19,20). The van der Waals surface area contributed by atoms with Crippen molar-refractivity contribution in [3.8, 4) is 0 Å². The number of carbonyl (C=O) groups is 1. The molecule has 0 unspecified atom stereocenters. The first-order valence-corrected chi connectivity index (χ1v) is 8.54. The van der Waals surface area contributed by atoms with Gasteiger partial charge in [-0.25, -0.2) is 4.99 Å². The Hall–Kier alpha value is -2.28. The van der Waals surface area contributed by atoms with Crippen molar-refractivity contribution in [2.75, 3.05) is 19.6 Å². The summed E-state index contributed by atoms with van der Waals surface area (Å²) in [7, 11) is 0. The first kappa shape index (κ1) is 17.1. The lowest BCUT2D eigenvalue weighted by Crippen LogP contribution is -2.38. The van der Waals surface area contributed by atoms with Crippen molar-refractivity contribution in [1.82, 2.24) is 16.0 Å². The van der Waals surface area contributed by atoms with Crippen molar-refractivity contribution >= 4 is 23.2 Å². The van der Waals surface area contributed by atoms with Crippen LogP contribution >= 0.6 is 11.3 Å². The minimum atomic E-state index is -0.0154. The van der Waals surface area contributed by atoms with Crippen molar-refractivity contribution in [2.24, 2.45) is 4.99 Å². The number of nitrogens with one attached hydrogen (secondary N) is 3. The lowest BCUT2D eigenvalue weighted by Gasteiger charge is -2.11. The van der Waals surface area contributed by atoms with Crippen LogP contribution in [0.25, 0.3) is 0 Å². The van der Waals surface area contributed by atoms with E-state index in [-0.39, 0.29) is 5.91 Å². The summed E-state index contributed by atoms with van der Waals surface area (Å²) in [4.78, 5) is 17.0. The van der Waals surface area contributed by atoms with Crippen LogP contribution in [0.5, 0.6) is 0 Å². The van der Waals surface area contributed by atoms with Gasteiger partial charge in [-0.1, -0.05) is 6.07 Å². The minimum Gasteiger partial charge on any atom is -0.467 e. The van der Waals surface area contributed by atoms with Crippen LogP contribution < -0.4 is 16.0 Å². The third-order valence-electron chi connectivity index (χ3n) is 2.99. The van der Waals surface area contributed by atoms with Gasteiger partial charge in [0.2, 0.25) is 0 Å². The summed E-state index contributed by atoms with van der Waals surface area (Å²) in [5, 5.41) is 11.2. The number of nitrogens with zero attached hydrogens (tertiary/aromatic N) is 1. The Morgan fingerprint density at radius 2 is 2.09 bits per heavy atom. The molecule has 23 heavy (non-hydrogen) atoms. The van der Waals surface area contributed by atoms with Crippen LogP contribution in [0.4, 0.5) is 0 Å². The van der Waals surface area contributed by atoms with Crippen molar-refractivity contribution in [3.05, 3.63) is 46.5 Å². The van der Waals surface area contributed by atoms with Crippen LogP contribution in [0.2, 0.25) is 0 Å². The number of carbonyl (C=O) groups excluding carboxylic acids is 1. The Morgan fingerprint density at radius 3 is 2.78 bits per heavy atom. The van der Waals surface area contributed by atoms with Crippen molar-refractivity contribution in [2.45, 2.75) is 19.9 Å². The van der Waals surface area contributed by atoms with Gasteiger partial charge >= 0.3 is 0 Å². The molecule has 0 saturated carbocycles. The summed E-state index contributed by atoms with van der Waals surface area (Å²) in [6.45, 7) is 4.66. The summed E-state index contributed by atoms with van der Waals surface area (Å²) in [6.07, 6.45) is 2.46. The van der Waals surface area contributed by atoms with Crippen molar-refractivity contribution in [1.29, 1.82) is 0 Å². The molecule has 0 saturated heterocycles. The number of hydrogen-bond acceptors (Lipinski definition) is 4. The van der Waals surface area contributed by atoms with Gasteiger partial charge in [-0.3, -0.25) is 4.79 Å². The van der Waals surface area contributed by atoms with Gasteiger partial charge in [0.05, 0.1) is 11.1 Å². The average molecular weight is 334 g/mol. The largest absolute Gasteiger partial charge is 0.467 e. The summed E-state index contributed by atoms with van der Waals surface area (Å²) in [5.74, 6) is 1.55. The second-order valence-electron chi connectivity index (χ2n) is 4.79. The van der Waals surface area contributed by atoms with Gasteiger partial charge in [-0.05, 0) is 36.9 Å². The van der Waals surface area contributed by atoms with Crippen LogP contribution in [0.1, 0.15) is 28.8 Å². The van der Waals surface area contributed by atoms with Gasteiger partial charge in [0, 0.05) is 19.6 Å². The van der Waals surface area contributed by atoms with Gasteiger partial charge < -0.3 is 20.4 Å². The first-order chi connectivity index (χ1) is 11.3. The molecule has 0 fully saturated rings. The molecule has 2 rings (SSSR count). The number of furan rings is 1. The zero-order valence-electron chi connectivity index (χ0n) is 13.2. The fraction of sp³-hybridized carbons (Fsp3) is 0.375. The molecule has 6 nitrogen and oxygen atoms in total. The van der Waals surface area contributed by atoms with E-state index in [1.807, 2.05) is 36.6 Å². The third-order valence-corrected chi connectivity index (χ3v) is 3.86. The second kappa shape index (κ2) is 9.68. The molecule has 0 bridgehead atoms. The predicted octanol–water partition coefficient (Wildman–Crippen LogP) is 2.22. The van der Waals surface area contributed by atoms with E-state index in [1.54, 1.807) is 6.26 Å². The van der Waals surface area contributed by atoms with Gasteiger partial charge in [0.25, 0.3) is 5.91 Å². The molecule has 7 heteroatoms. The molecule has 3 N–H and O–H groups in total. The molecule has 0 atom stereocenters. The predicted molar refractivity (Wildman–Crippen MR) is 92.8 cm³/mol. The number of thiophene rings is 1. The lowest BCUT2D eigenvalue weighted by atomic mass is 10.4. The quantitative estimate of drug-likeness (QED) is 0.393. The highest BCUT2D eigenvalue weighted by molar-refractivity contribution is 7.12. The molecule has 0 spiro atoms. The van der Waals surface area contributed by atoms with Crippen LogP contribution in [0.15, 0.2) is 45.3 Å². The summed E-state index contributed by atoms with van der Waals surface area (Å²) in [6, 6.07) is 7.44. The van der Waals surface area contributed by atoms with Gasteiger partial charge in [0.15, 0.2) is 5.96 Å². The van der Waals surface area contributed by atoms with E-state index in [4.69, 9.17) is 4.42 Å². The molecular formula is C16H22N4O2S. The number of aliphatic imine (C=N–C) groups is 1. The molecular weight excluding hydrogens is 312 g/mol. The van der Waals surface area contributed by atoms with Gasteiger partial charge in [0.1, 0.15) is 12.3 Å². The number of rotatable bonds is 8. The van der Waals surface area contributed by atoms with E-state index in [1.165, 1.54) is 11.3 Å². The second-order valence-corrected chi connectivity index (χ2v) is 5.74. The fourth-order valence-electron chi connectivity index (χ4n) is 1.89.